The highest BCUT2D eigenvalue weighted by Gasteiger charge is 2.35. The van der Waals surface area contributed by atoms with Gasteiger partial charge in [-0.15, -0.1) is 0 Å². The highest BCUT2D eigenvalue weighted by atomic mass is 16.5. The lowest BCUT2D eigenvalue weighted by Crippen LogP contribution is -2.54. The molecule has 4 heterocycles. The van der Waals surface area contributed by atoms with E-state index in [1.54, 1.807) is 9.80 Å². The molecule has 36 heavy (non-hydrogen) atoms. The van der Waals surface area contributed by atoms with Crippen LogP contribution in [0.3, 0.4) is 0 Å². The van der Waals surface area contributed by atoms with Gasteiger partial charge in [0, 0.05) is 56.8 Å². The van der Waals surface area contributed by atoms with Crippen LogP contribution < -0.4 is 4.90 Å². The van der Waals surface area contributed by atoms with Crippen LogP contribution in [0.15, 0.2) is 30.3 Å². The standard InChI is InChI=1S/C28H33N5O3/c1-28(2)17-21-22(18-29)25(30-24(23(21)19-36-28)20-9-5-3-6-10-20)31-13-15-33(16-14-31)27(35)26(34)32-11-7-4-8-12-32/h3,5-6,9-10H,4,7-8,11-17,19H2,1-2H3. The van der Waals surface area contributed by atoms with Crippen LogP contribution in [-0.4, -0.2) is 71.5 Å². The minimum absolute atomic E-state index is 0.370. The second kappa shape index (κ2) is 9.90. The SMILES string of the molecule is CC1(C)Cc2c(C#N)c(N3CCN(C(=O)C(=O)N4CCCCC4)CC3)nc(-c3ccccc3)c2CO1. The van der Waals surface area contributed by atoms with Crippen LogP contribution in [0.4, 0.5) is 5.82 Å². The van der Waals surface area contributed by atoms with Crippen LogP contribution in [0.25, 0.3) is 11.3 Å². The number of hydrogen-bond donors (Lipinski definition) is 0. The van der Waals surface area contributed by atoms with E-state index in [1.807, 2.05) is 44.2 Å². The van der Waals surface area contributed by atoms with Crippen molar-refractivity contribution in [2.45, 2.75) is 51.7 Å². The molecule has 0 atom stereocenters. The van der Waals surface area contributed by atoms with Crippen LogP contribution >= 0.6 is 0 Å². The number of hydrogen-bond acceptors (Lipinski definition) is 6. The number of nitriles is 1. The zero-order valence-electron chi connectivity index (χ0n) is 21.1. The molecule has 1 aromatic carbocycles. The van der Waals surface area contributed by atoms with Crippen LogP contribution in [-0.2, 0) is 27.4 Å². The molecule has 0 unspecified atom stereocenters. The molecule has 0 bridgehead atoms. The molecular weight excluding hydrogens is 454 g/mol. The van der Waals surface area contributed by atoms with Crippen LogP contribution in [0.5, 0.6) is 0 Å². The number of carbonyl (C=O) groups is 2. The van der Waals surface area contributed by atoms with Gasteiger partial charge in [0.25, 0.3) is 0 Å². The minimum atomic E-state index is -0.417. The Morgan fingerprint density at radius 1 is 0.917 bits per heavy atom. The third kappa shape index (κ3) is 4.68. The van der Waals surface area contributed by atoms with Crippen molar-refractivity contribution in [2.75, 3.05) is 44.2 Å². The molecule has 2 aromatic rings. The summed E-state index contributed by atoms with van der Waals surface area (Å²) in [5.41, 5.74) is 4.02. The number of piperidine rings is 1. The van der Waals surface area contributed by atoms with Gasteiger partial charge in [-0.1, -0.05) is 30.3 Å². The summed E-state index contributed by atoms with van der Waals surface area (Å²) < 4.78 is 6.11. The van der Waals surface area contributed by atoms with Crippen molar-refractivity contribution in [3.8, 4) is 17.3 Å². The van der Waals surface area contributed by atoms with Gasteiger partial charge in [-0.25, -0.2) is 4.98 Å². The Balaban J connectivity index is 1.42. The summed E-state index contributed by atoms with van der Waals surface area (Å²) in [7, 11) is 0. The van der Waals surface area contributed by atoms with Crippen molar-refractivity contribution < 1.29 is 14.3 Å². The van der Waals surface area contributed by atoms with Crippen molar-refractivity contribution in [1.29, 1.82) is 5.26 Å². The summed E-state index contributed by atoms with van der Waals surface area (Å²) in [6.45, 7) is 7.73. The Morgan fingerprint density at radius 2 is 1.56 bits per heavy atom. The maximum atomic E-state index is 12.9. The van der Waals surface area contributed by atoms with Crippen LogP contribution in [0.2, 0.25) is 0 Å². The highest BCUT2D eigenvalue weighted by Crippen LogP contribution is 2.39. The molecule has 0 spiro atoms. The normalized spacial score (nSPS) is 19.4. The number of piperazine rings is 1. The number of anilines is 1. The minimum Gasteiger partial charge on any atom is -0.370 e. The van der Waals surface area contributed by atoms with E-state index < -0.39 is 5.91 Å². The summed E-state index contributed by atoms with van der Waals surface area (Å²) in [6, 6.07) is 12.4. The monoisotopic (exact) mass is 487 g/mol. The number of pyridine rings is 1. The third-order valence-electron chi connectivity index (χ3n) is 7.45. The van der Waals surface area contributed by atoms with Crippen molar-refractivity contribution in [3.05, 3.63) is 47.0 Å². The second-order valence-corrected chi connectivity index (χ2v) is 10.5. The molecule has 2 fully saturated rings. The fourth-order valence-electron chi connectivity index (χ4n) is 5.42. The van der Waals surface area contributed by atoms with Gasteiger partial charge in [-0.05, 0) is 38.7 Å². The smallest absolute Gasteiger partial charge is 0.312 e. The highest BCUT2D eigenvalue weighted by molar-refractivity contribution is 6.34. The van der Waals surface area contributed by atoms with Gasteiger partial charge in [0.2, 0.25) is 0 Å². The molecule has 0 radical (unpaired) electrons. The van der Waals surface area contributed by atoms with Gasteiger partial charge in [0.15, 0.2) is 0 Å². The summed E-state index contributed by atoms with van der Waals surface area (Å²) in [4.78, 5) is 36.1. The molecule has 8 heteroatoms. The van der Waals surface area contributed by atoms with E-state index in [9.17, 15) is 14.9 Å². The number of aromatic nitrogens is 1. The molecule has 0 saturated carbocycles. The average molecular weight is 488 g/mol. The van der Waals surface area contributed by atoms with Crippen LogP contribution in [0.1, 0.15) is 49.8 Å². The number of nitrogens with zero attached hydrogens (tertiary/aromatic N) is 5. The molecule has 3 aliphatic heterocycles. The lowest BCUT2D eigenvalue weighted by Gasteiger charge is -2.38. The second-order valence-electron chi connectivity index (χ2n) is 10.5. The van der Waals surface area contributed by atoms with E-state index in [1.165, 1.54) is 0 Å². The van der Waals surface area contributed by atoms with Gasteiger partial charge >= 0.3 is 11.8 Å². The fraction of sp³-hybridized carbons (Fsp3) is 0.500. The molecule has 0 N–H and O–H groups in total. The first kappa shape index (κ1) is 24.3. The molecule has 188 valence electrons. The Labute approximate surface area is 212 Å². The Morgan fingerprint density at radius 3 is 2.19 bits per heavy atom. The predicted molar refractivity (Wildman–Crippen MR) is 136 cm³/mol. The number of fused-ring (bicyclic) bond motifs is 1. The largest absolute Gasteiger partial charge is 0.370 e. The lowest BCUT2D eigenvalue weighted by atomic mass is 9.86. The summed E-state index contributed by atoms with van der Waals surface area (Å²) in [6.07, 6.45) is 3.65. The quantitative estimate of drug-likeness (QED) is 0.605. The number of carbonyl (C=O) groups excluding carboxylic acids is 2. The topological polar surface area (TPSA) is 89.8 Å². The summed E-state index contributed by atoms with van der Waals surface area (Å²) in [5, 5.41) is 10.2. The van der Waals surface area contributed by atoms with Gasteiger partial charge in [0.1, 0.15) is 11.9 Å². The fourth-order valence-corrected chi connectivity index (χ4v) is 5.42. The molecule has 8 nitrogen and oxygen atoms in total. The first-order chi connectivity index (χ1) is 17.4. The molecule has 3 aliphatic rings. The first-order valence-corrected chi connectivity index (χ1v) is 12.9. The Hall–Kier alpha value is -3.44. The molecular formula is C28H33N5O3. The maximum Gasteiger partial charge on any atom is 0.312 e. The van der Waals surface area contributed by atoms with E-state index in [-0.39, 0.29) is 11.5 Å². The van der Waals surface area contributed by atoms with E-state index in [4.69, 9.17) is 9.72 Å². The zero-order valence-corrected chi connectivity index (χ0v) is 21.1. The number of likely N-dealkylation sites (tertiary alicyclic amines) is 1. The predicted octanol–water partition coefficient (Wildman–Crippen LogP) is 3.13. The third-order valence-corrected chi connectivity index (χ3v) is 7.45. The number of benzene rings is 1. The summed E-state index contributed by atoms with van der Waals surface area (Å²) in [5.74, 6) is -0.150. The van der Waals surface area contributed by atoms with E-state index in [0.29, 0.717) is 63.7 Å². The first-order valence-electron chi connectivity index (χ1n) is 12.9. The zero-order chi connectivity index (χ0) is 25.3. The van der Waals surface area contributed by atoms with Crippen molar-refractivity contribution in [2.24, 2.45) is 0 Å². The number of rotatable bonds is 2. The molecule has 5 rings (SSSR count). The Kier molecular flexibility index (Phi) is 6.67. The number of ether oxygens (including phenoxy) is 1. The van der Waals surface area contributed by atoms with Crippen molar-refractivity contribution in [3.63, 3.8) is 0 Å². The molecule has 0 aliphatic carbocycles. The van der Waals surface area contributed by atoms with E-state index in [2.05, 4.69) is 11.0 Å². The van der Waals surface area contributed by atoms with Gasteiger partial charge < -0.3 is 19.4 Å². The van der Waals surface area contributed by atoms with Gasteiger partial charge in [-0.3, -0.25) is 9.59 Å². The van der Waals surface area contributed by atoms with E-state index >= 15 is 0 Å². The molecule has 2 saturated heterocycles. The van der Waals surface area contributed by atoms with Crippen LogP contribution in [0, 0.1) is 11.3 Å². The van der Waals surface area contributed by atoms with Gasteiger partial charge in [0.05, 0.1) is 23.5 Å². The van der Waals surface area contributed by atoms with Crippen molar-refractivity contribution in [1.82, 2.24) is 14.8 Å². The lowest BCUT2D eigenvalue weighted by molar-refractivity contribution is -0.152. The average Bonchev–Trinajstić information content (AvgIpc) is 2.92. The van der Waals surface area contributed by atoms with Crippen molar-refractivity contribution >= 4 is 17.6 Å². The maximum absolute atomic E-state index is 12.9. The van der Waals surface area contributed by atoms with Gasteiger partial charge in [-0.2, -0.15) is 5.26 Å². The number of amides is 2. The summed E-state index contributed by atoms with van der Waals surface area (Å²) >= 11 is 0. The molecule has 1 aromatic heterocycles. The van der Waals surface area contributed by atoms with E-state index in [0.717, 1.165) is 41.6 Å². The molecule has 2 amide bonds. The Bertz CT molecular complexity index is 1190.